The maximum absolute atomic E-state index is 12.5. The van der Waals surface area contributed by atoms with E-state index in [1.54, 1.807) is 0 Å². The molecule has 16 heavy (non-hydrogen) atoms. The first-order chi connectivity index (χ1) is 7.36. The lowest BCUT2D eigenvalue weighted by atomic mass is 10.1. The van der Waals surface area contributed by atoms with Crippen LogP contribution in [0.2, 0.25) is 5.15 Å². The van der Waals surface area contributed by atoms with Crippen LogP contribution in [0.3, 0.4) is 0 Å². The molecule has 0 radical (unpaired) electrons. The number of rotatable bonds is 3. The Labute approximate surface area is 91.6 Å². The zero-order valence-electron chi connectivity index (χ0n) is 7.35. The minimum Gasteiger partial charge on any atom is -0.478 e. The zero-order chi connectivity index (χ0) is 12.5. The van der Waals surface area contributed by atoms with E-state index >= 15 is 0 Å². The molecule has 1 heterocycles. The second-order valence-corrected chi connectivity index (χ2v) is 2.95. The van der Waals surface area contributed by atoms with E-state index in [0.29, 0.717) is 6.20 Å². The minimum atomic E-state index is -3.33. The van der Waals surface area contributed by atoms with Crippen molar-refractivity contribution in [3.63, 3.8) is 0 Å². The van der Waals surface area contributed by atoms with Crippen LogP contribution in [-0.4, -0.2) is 21.0 Å². The fraction of sp³-hybridized carbons (Fsp3) is 0.143. The number of aromatic nitrogens is 1. The molecule has 1 aromatic rings. The van der Waals surface area contributed by atoms with Crippen molar-refractivity contribution in [2.75, 3.05) is 0 Å². The van der Waals surface area contributed by atoms with Crippen LogP contribution in [0.25, 0.3) is 0 Å². The van der Waals surface area contributed by atoms with E-state index in [-0.39, 0.29) is 0 Å². The molecule has 1 N–H and O–H groups in total. The van der Waals surface area contributed by atoms with E-state index in [2.05, 4.69) is 4.98 Å². The van der Waals surface area contributed by atoms with Crippen LogP contribution >= 0.6 is 11.6 Å². The smallest absolute Gasteiger partial charge is 0.338 e. The van der Waals surface area contributed by atoms with Gasteiger partial charge in [0.15, 0.2) is 0 Å². The van der Waals surface area contributed by atoms with Crippen LogP contribution in [0.1, 0.15) is 22.3 Å². The summed E-state index contributed by atoms with van der Waals surface area (Å²) in [6, 6.07) is 0. The van der Waals surface area contributed by atoms with Crippen molar-refractivity contribution in [1.29, 1.82) is 0 Å². The summed E-state index contributed by atoms with van der Waals surface area (Å²) in [5.41, 5.74) is -3.36. The van der Waals surface area contributed by atoms with Crippen molar-refractivity contribution >= 4 is 23.3 Å². The number of carboxylic acid groups (broad SMARTS) is 1. The molecule has 0 saturated carbocycles. The number of alkyl halides is 2. The summed E-state index contributed by atoms with van der Waals surface area (Å²) in [4.78, 5) is 23.0. The second kappa shape index (κ2) is 4.35. The molecular formula is C7H3ClF2N2O4. The highest BCUT2D eigenvalue weighted by Gasteiger charge is 2.32. The summed E-state index contributed by atoms with van der Waals surface area (Å²) in [5.74, 6) is -1.73. The van der Waals surface area contributed by atoms with E-state index in [0.717, 1.165) is 0 Å². The molecule has 0 bridgehead atoms. The molecule has 0 atom stereocenters. The fourth-order valence-corrected chi connectivity index (χ4v) is 1.28. The monoisotopic (exact) mass is 252 g/mol. The lowest BCUT2D eigenvalue weighted by Gasteiger charge is -2.06. The van der Waals surface area contributed by atoms with Gasteiger partial charge in [0, 0.05) is 6.20 Å². The highest BCUT2D eigenvalue weighted by molar-refractivity contribution is 6.31. The molecule has 0 aromatic carbocycles. The Balaban J connectivity index is 3.63. The Morgan fingerprint density at radius 1 is 1.62 bits per heavy atom. The maximum atomic E-state index is 12.5. The van der Waals surface area contributed by atoms with Crippen LogP contribution in [0.5, 0.6) is 0 Å². The van der Waals surface area contributed by atoms with Crippen molar-refractivity contribution in [3.05, 3.63) is 32.6 Å². The molecule has 86 valence electrons. The summed E-state index contributed by atoms with van der Waals surface area (Å²) in [6.07, 6.45) is -2.77. The Hall–Kier alpha value is -1.83. The van der Waals surface area contributed by atoms with E-state index < -0.39 is 39.3 Å². The third-order valence-corrected chi connectivity index (χ3v) is 1.96. The average Bonchev–Trinajstić information content (AvgIpc) is 2.15. The number of pyridine rings is 1. The average molecular weight is 253 g/mol. The summed E-state index contributed by atoms with van der Waals surface area (Å²) in [6.45, 7) is 0. The van der Waals surface area contributed by atoms with Crippen LogP contribution in [-0.2, 0) is 0 Å². The van der Waals surface area contributed by atoms with E-state index in [1.807, 2.05) is 0 Å². The van der Waals surface area contributed by atoms with Gasteiger partial charge in [0.2, 0.25) is 5.15 Å². The lowest BCUT2D eigenvalue weighted by Crippen LogP contribution is -2.08. The quantitative estimate of drug-likeness (QED) is 0.506. The van der Waals surface area contributed by atoms with Gasteiger partial charge < -0.3 is 5.11 Å². The number of carbonyl (C=O) groups is 1. The van der Waals surface area contributed by atoms with Crippen molar-refractivity contribution in [1.82, 2.24) is 4.98 Å². The van der Waals surface area contributed by atoms with Gasteiger partial charge in [-0.05, 0) is 0 Å². The molecule has 0 fully saturated rings. The molecule has 1 aromatic heterocycles. The van der Waals surface area contributed by atoms with Gasteiger partial charge in [-0.3, -0.25) is 10.1 Å². The lowest BCUT2D eigenvalue weighted by molar-refractivity contribution is -0.386. The molecule has 0 spiro atoms. The predicted octanol–water partition coefficient (Wildman–Crippen LogP) is 2.28. The molecule has 0 unspecified atom stereocenters. The van der Waals surface area contributed by atoms with Crippen LogP contribution < -0.4 is 0 Å². The summed E-state index contributed by atoms with van der Waals surface area (Å²) < 4.78 is 25.1. The number of halogens is 3. The zero-order valence-corrected chi connectivity index (χ0v) is 8.11. The minimum absolute atomic E-state index is 0.555. The Kier molecular flexibility index (Phi) is 3.33. The molecule has 0 saturated heterocycles. The van der Waals surface area contributed by atoms with Gasteiger partial charge >= 0.3 is 11.7 Å². The van der Waals surface area contributed by atoms with Crippen molar-refractivity contribution in [2.45, 2.75) is 6.43 Å². The number of carboxylic acids is 1. The van der Waals surface area contributed by atoms with Crippen molar-refractivity contribution in [2.24, 2.45) is 0 Å². The molecule has 0 aliphatic heterocycles. The Morgan fingerprint density at radius 3 is 2.56 bits per heavy atom. The highest BCUT2D eigenvalue weighted by Crippen LogP contribution is 2.35. The van der Waals surface area contributed by atoms with Crippen LogP contribution in [0.4, 0.5) is 14.5 Å². The van der Waals surface area contributed by atoms with Gasteiger partial charge in [-0.25, -0.2) is 18.6 Å². The van der Waals surface area contributed by atoms with Crippen molar-refractivity contribution < 1.29 is 23.6 Å². The Bertz CT molecular complexity index is 466. The highest BCUT2D eigenvalue weighted by atomic mass is 35.5. The fourth-order valence-electron chi connectivity index (χ4n) is 1.06. The SMILES string of the molecule is O=C(O)c1cnc(Cl)c([N+](=O)[O-])c1C(F)F. The summed E-state index contributed by atoms with van der Waals surface area (Å²) in [5, 5.41) is 18.3. The van der Waals surface area contributed by atoms with E-state index in [9.17, 15) is 23.7 Å². The largest absolute Gasteiger partial charge is 0.478 e. The van der Waals surface area contributed by atoms with Gasteiger partial charge in [0.1, 0.15) is 5.56 Å². The summed E-state index contributed by atoms with van der Waals surface area (Å²) in [7, 11) is 0. The number of hydrogen-bond acceptors (Lipinski definition) is 4. The van der Waals surface area contributed by atoms with Gasteiger partial charge in [-0.15, -0.1) is 0 Å². The topological polar surface area (TPSA) is 93.3 Å². The standard InChI is InChI=1S/C7H3ClF2N2O4/c8-5-4(12(15)16)3(6(9)10)2(1-11-5)7(13)14/h1,6H,(H,13,14). The predicted molar refractivity (Wildman–Crippen MR) is 47.8 cm³/mol. The number of aromatic carboxylic acids is 1. The summed E-state index contributed by atoms with van der Waals surface area (Å²) >= 11 is 5.27. The van der Waals surface area contributed by atoms with E-state index in [1.165, 1.54) is 0 Å². The van der Waals surface area contributed by atoms with Gasteiger partial charge in [0.25, 0.3) is 6.43 Å². The maximum Gasteiger partial charge on any atom is 0.338 e. The van der Waals surface area contributed by atoms with Crippen molar-refractivity contribution in [3.8, 4) is 0 Å². The number of hydrogen-bond donors (Lipinski definition) is 1. The first kappa shape index (κ1) is 12.2. The van der Waals surface area contributed by atoms with Crippen LogP contribution in [0.15, 0.2) is 6.20 Å². The van der Waals surface area contributed by atoms with Gasteiger partial charge in [0.05, 0.1) is 10.5 Å². The number of nitro groups is 1. The molecule has 1 rings (SSSR count). The van der Waals surface area contributed by atoms with E-state index in [4.69, 9.17) is 16.7 Å². The second-order valence-electron chi connectivity index (χ2n) is 2.59. The molecular weight excluding hydrogens is 250 g/mol. The molecule has 0 amide bonds. The third kappa shape index (κ3) is 2.06. The molecule has 0 aliphatic carbocycles. The molecule has 0 aliphatic rings. The van der Waals surface area contributed by atoms with Gasteiger partial charge in [-0.1, -0.05) is 11.6 Å². The Morgan fingerprint density at radius 2 is 2.19 bits per heavy atom. The normalized spacial score (nSPS) is 10.5. The van der Waals surface area contributed by atoms with Gasteiger partial charge in [-0.2, -0.15) is 0 Å². The molecule has 6 nitrogen and oxygen atoms in total. The van der Waals surface area contributed by atoms with Crippen LogP contribution in [0, 0.1) is 10.1 Å². The first-order valence-electron chi connectivity index (χ1n) is 3.70. The number of nitrogens with zero attached hydrogens (tertiary/aromatic N) is 2. The molecule has 9 heteroatoms. The first-order valence-corrected chi connectivity index (χ1v) is 4.08. The third-order valence-electron chi connectivity index (χ3n) is 1.68.